The topological polar surface area (TPSA) is 166 Å². The van der Waals surface area contributed by atoms with Crippen molar-refractivity contribution in [2.45, 2.75) is 19.6 Å². The van der Waals surface area contributed by atoms with E-state index in [1.807, 2.05) is 0 Å². The second-order valence-electron chi connectivity index (χ2n) is 7.54. The van der Waals surface area contributed by atoms with Gasteiger partial charge in [-0.3, -0.25) is 29.4 Å². The number of aromatic amines is 1. The Kier molecular flexibility index (Phi) is 5.25. The number of hydrogen-bond donors (Lipinski definition) is 1. The Balaban J connectivity index is 1.34. The van der Waals surface area contributed by atoms with Crippen LogP contribution in [-0.2, 0) is 16.1 Å². The lowest BCUT2D eigenvalue weighted by Crippen LogP contribution is -2.43. The Morgan fingerprint density at radius 3 is 2.74 bits per heavy atom. The maximum atomic E-state index is 12.8. The lowest BCUT2D eigenvalue weighted by molar-refractivity contribution is -0.385. The van der Waals surface area contributed by atoms with E-state index in [-0.39, 0.29) is 17.0 Å². The zero-order valence-electron chi connectivity index (χ0n) is 17.8. The maximum Gasteiger partial charge on any atom is 0.329 e. The fraction of sp³-hybridized carbons (Fsp3) is 0.136. The van der Waals surface area contributed by atoms with Crippen LogP contribution >= 0.6 is 11.3 Å². The number of nitrogens with one attached hydrogen (secondary N) is 1. The van der Waals surface area contributed by atoms with Crippen LogP contribution in [-0.4, -0.2) is 43.6 Å². The highest BCUT2D eigenvalue weighted by Gasteiger charge is 2.45. The van der Waals surface area contributed by atoms with Crippen LogP contribution < -0.4 is 5.56 Å². The average Bonchev–Trinajstić information content (AvgIpc) is 3.56. The number of carbonyl (C=O) groups excluding carboxylic acids is 3. The molecule has 1 atom stereocenters. The minimum Gasteiger partial charge on any atom is -0.464 e. The van der Waals surface area contributed by atoms with Crippen molar-refractivity contribution in [3.8, 4) is 11.3 Å². The smallest absolute Gasteiger partial charge is 0.329 e. The van der Waals surface area contributed by atoms with Gasteiger partial charge in [0.2, 0.25) is 0 Å². The molecule has 0 fully saturated rings. The Labute approximate surface area is 198 Å². The molecule has 1 aliphatic heterocycles. The molecule has 0 spiro atoms. The molecule has 3 aromatic heterocycles. The van der Waals surface area contributed by atoms with E-state index in [1.54, 1.807) is 17.5 Å². The van der Waals surface area contributed by atoms with Gasteiger partial charge in [-0.05, 0) is 25.1 Å². The number of nitrogens with zero attached hydrogens (tertiary/aromatic N) is 3. The molecule has 1 N–H and O–H groups in total. The molecule has 4 heterocycles. The Hall–Kier alpha value is -4.65. The van der Waals surface area contributed by atoms with Gasteiger partial charge in [-0.1, -0.05) is 6.07 Å². The second-order valence-corrected chi connectivity index (χ2v) is 8.40. The van der Waals surface area contributed by atoms with Gasteiger partial charge in [0, 0.05) is 17.0 Å². The molecule has 0 aliphatic carbocycles. The highest BCUT2D eigenvalue weighted by molar-refractivity contribution is 7.17. The zero-order valence-corrected chi connectivity index (χ0v) is 18.7. The number of amides is 2. The summed E-state index contributed by atoms with van der Waals surface area (Å²) < 4.78 is 10.5. The number of nitro groups is 1. The molecule has 0 saturated heterocycles. The van der Waals surface area contributed by atoms with Gasteiger partial charge in [-0.25, -0.2) is 9.78 Å². The summed E-state index contributed by atoms with van der Waals surface area (Å²) in [6, 6.07) is 5.71. The Morgan fingerprint density at radius 1 is 1.23 bits per heavy atom. The molecule has 1 aliphatic rings. The quantitative estimate of drug-likeness (QED) is 0.183. The van der Waals surface area contributed by atoms with Gasteiger partial charge in [0.15, 0.2) is 0 Å². The largest absolute Gasteiger partial charge is 0.464 e. The van der Waals surface area contributed by atoms with Crippen molar-refractivity contribution in [2.75, 3.05) is 0 Å². The van der Waals surface area contributed by atoms with Crippen LogP contribution in [0.2, 0.25) is 0 Å². The van der Waals surface area contributed by atoms with Gasteiger partial charge in [0.05, 0.1) is 22.1 Å². The minimum atomic E-state index is -1.37. The number of carbonyl (C=O) groups is 3. The lowest BCUT2D eigenvalue weighted by atomic mass is 10.1. The van der Waals surface area contributed by atoms with Gasteiger partial charge in [0.1, 0.15) is 34.6 Å². The first kappa shape index (κ1) is 22.2. The van der Waals surface area contributed by atoms with Crippen LogP contribution in [0.25, 0.3) is 21.5 Å². The van der Waals surface area contributed by atoms with E-state index in [9.17, 15) is 29.3 Å². The van der Waals surface area contributed by atoms with E-state index >= 15 is 0 Å². The van der Waals surface area contributed by atoms with Gasteiger partial charge >= 0.3 is 5.97 Å². The van der Waals surface area contributed by atoms with Crippen molar-refractivity contribution in [3.05, 3.63) is 79.4 Å². The standard InChI is InChI=1S/C22H14N4O8S/c1-10(25-20(28)11-4-2-5-13(26(31)32)16(11)21(25)29)22(30)34-8-15-23-18(27)17-12(9-35-19(17)24-15)14-6-3-7-33-14/h2-7,9-10H,8H2,1H3,(H,23,24,27). The number of furan rings is 1. The first-order chi connectivity index (χ1) is 16.8. The van der Waals surface area contributed by atoms with E-state index in [4.69, 9.17) is 9.15 Å². The molecule has 4 aromatic rings. The third-order valence-corrected chi connectivity index (χ3v) is 6.35. The van der Waals surface area contributed by atoms with Crippen molar-refractivity contribution < 1.29 is 28.5 Å². The fourth-order valence-electron chi connectivity index (χ4n) is 3.83. The SMILES string of the molecule is CC(C(=O)OCc1nc2scc(-c3ccco3)c2c(=O)[nH]1)N1C(=O)c2cccc([N+](=O)[O-])c2C1=O. The summed E-state index contributed by atoms with van der Waals surface area (Å²) in [6.07, 6.45) is 1.49. The van der Waals surface area contributed by atoms with Crippen LogP contribution in [0, 0.1) is 10.1 Å². The van der Waals surface area contributed by atoms with Crippen molar-refractivity contribution in [2.24, 2.45) is 0 Å². The predicted molar refractivity (Wildman–Crippen MR) is 121 cm³/mol. The van der Waals surface area contributed by atoms with E-state index < -0.39 is 46.6 Å². The third-order valence-electron chi connectivity index (χ3n) is 5.48. The molecule has 1 unspecified atom stereocenters. The van der Waals surface area contributed by atoms with Crippen LogP contribution in [0.5, 0.6) is 0 Å². The van der Waals surface area contributed by atoms with Crippen LogP contribution in [0.4, 0.5) is 5.69 Å². The van der Waals surface area contributed by atoms with Crippen LogP contribution in [0.3, 0.4) is 0 Å². The summed E-state index contributed by atoms with van der Waals surface area (Å²) >= 11 is 1.21. The monoisotopic (exact) mass is 494 g/mol. The lowest BCUT2D eigenvalue weighted by Gasteiger charge is -2.20. The Morgan fingerprint density at radius 2 is 2.03 bits per heavy atom. The maximum absolute atomic E-state index is 12.8. The number of ether oxygens (including phenoxy) is 1. The van der Waals surface area contributed by atoms with E-state index in [2.05, 4.69) is 9.97 Å². The first-order valence-electron chi connectivity index (χ1n) is 10.1. The second kappa shape index (κ2) is 8.29. The molecule has 5 rings (SSSR count). The molecule has 35 heavy (non-hydrogen) atoms. The number of thiophene rings is 1. The molecule has 0 bridgehead atoms. The van der Waals surface area contributed by atoms with Crippen LogP contribution in [0.1, 0.15) is 33.5 Å². The van der Waals surface area contributed by atoms with Gasteiger partial charge < -0.3 is 14.1 Å². The summed E-state index contributed by atoms with van der Waals surface area (Å²) in [5.74, 6) is -2.17. The Bertz CT molecular complexity index is 1590. The predicted octanol–water partition coefficient (Wildman–Crippen LogP) is 2.88. The van der Waals surface area contributed by atoms with Crippen molar-refractivity contribution >= 4 is 45.0 Å². The van der Waals surface area contributed by atoms with Crippen LogP contribution in [0.15, 0.2) is 51.2 Å². The molecular formula is C22H14N4O8S. The fourth-order valence-corrected chi connectivity index (χ4v) is 4.78. The molecule has 0 radical (unpaired) electrons. The average molecular weight is 494 g/mol. The van der Waals surface area contributed by atoms with E-state index in [1.165, 1.54) is 36.7 Å². The summed E-state index contributed by atoms with van der Waals surface area (Å²) in [5.41, 5.74) is -0.923. The van der Waals surface area contributed by atoms with Gasteiger partial charge in [-0.2, -0.15) is 0 Å². The molecule has 2 amide bonds. The molecule has 12 nitrogen and oxygen atoms in total. The molecule has 13 heteroatoms. The number of nitro benzene ring substituents is 1. The highest BCUT2D eigenvalue weighted by atomic mass is 32.1. The zero-order chi connectivity index (χ0) is 24.9. The van der Waals surface area contributed by atoms with E-state index in [0.29, 0.717) is 26.4 Å². The number of fused-ring (bicyclic) bond motifs is 2. The van der Waals surface area contributed by atoms with Gasteiger partial charge in [-0.15, -0.1) is 11.3 Å². The number of esters is 1. The number of imide groups is 1. The summed E-state index contributed by atoms with van der Waals surface area (Å²) in [4.78, 5) is 69.1. The molecular weight excluding hydrogens is 480 g/mol. The number of benzene rings is 1. The third kappa shape index (κ3) is 3.58. The minimum absolute atomic E-state index is 0.0638. The summed E-state index contributed by atoms with van der Waals surface area (Å²) in [7, 11) is 0. The first-order valence-corrected chi connectivity index (χ1v) is 11.0. The van der Waals surface area contributed by atoms with Crippen molar-refractivity contribution in [1.29, 1.82) is 0 Å². The molecule has 1 aromatic carbocycles. The number of hydrogen-bond acceptors (Lipinski definition) is 10. The summed E-state index contributed by atoms with van der Waals surface area (Å²) in [5, 5.41) is 13.3. The van der Waals surface area contributed by atoms with E-state index in [0.717, 1.165) is 6.07 Å². The summed E-state index contributed by atoms with van der Waals surface area (Å²) in [6.45, 7) is 0.843. The van der Waals surface area contributed by atoms with Gasteiger partial charge in [0.25, 0.3) is 23.1 Å². The van der Waals surface area contributed by atoms with Crippen molar-refractivity contribution in [3.63, 3.8) is 0 Å². The number of rotatable bonds is 6. The normalized spacial score (nSPS) is 13.8. The number of aromatic nitrogens is 2. The molecule has 176 valence electrons. The highest BCUT2D eigenvalue weighted by Crippen LogP contribution is 2.33. The molecule has 0 saturated carbocycles. The van der Waals surface area contributed by atoms with Crippen molar-refractivity contribution in [1.82, 2.24) is 14.9 Å². The number of H-pyrrole nitrogens is 1.